The summed E-state index contributed by atoms with van der Waals surface area (Å²) < 4.78 is 0. The lowest BCUT2D eigenvalue weighted by atomic mass is 9.93. The zero-order chi connectivity index (χ0) is 19.6. The Bertz CT molecular complexity index is 904. The zero-order valence-electron chi connectivity index (χ0n) is 15.7. The fourth-order valence-electron chi connectivity index (χ4n) is 3.47. The van der Waals surface area contributed by atoms with Gasteiger partial charge in [-0.2, -0.15) is 0 Å². The Labute approximate surface area is 159 Å². The Morgan fingerprint density at radius 1 is 1.00 bits per heavy atom. The molecule has 1 aliphatic rings. The highest BCUT2D eigenvalue weighted by atomic mass is 16.2. The highest BCUT2D eigenvalue weighted by Crippen LogP contribution is 2.22. The summed E-state index contributed by atoms with van der Waals surface area (Å²) in [5.41, 5.74) is 8.87. The number of amides is 2. The van der Waals surface area contributed by atoms with Crippen molar-refractivity contribution in [1.82, 2.24) is 4.90 Å². The molecule has 0 bridgehead atoms. The highest BCUT2D eigenvalue weighted by Gasteiger charge is 2.29. The van der Waals surface area contributed by atoms with E-state index in [1.54, 1.807) is 35.2 Å². The number of ketones is 1. The van der Waals surface area contributed by atoms with E-state index in [2.05, 4.69) is 0 Å². The van der Waals surface area contributed by atoms with E-state index in [-0.39, 0.29) is 23.5 Å². The van der Waals surface area contributed by atoms with Gasteiger partial charge in [-0.05, 0) is 49.9 Å². The molecule has 1 saturated heterocycles. The number of piperidine rings is 1. The van der Waals surface area contributed by atoms with Crippen molar-refractivity contribution in [2.24, 2.45) is 11.7 Å². The fraction of sp³-hybridized carbons (Fsp3) is 0.318. The van der Waals surface area contributed by atoms with Crippen LogP contribution in [0.4, 0.5) is 0 Å². The highest BCUT2D eigenvalue weighted by molar-refractivity contribution is 6.15. The van der Waals surface area contributed by atoms with Gasteiger partial charge in [-0.1, -0.05) is 30.3 Å². The van der Waals surface area contributed by atoms with Crippen LogP contribution in [0.1, 0.15) is 50.2 Å². The number of carbonyl (C=O) groups is 3. The topological polar surface area (TPSA) is 80.5 Å². The first-order valence-corrected chi connectivity index (χ1v) is 9.18. The van der Waals surface area contributed by atoms with E-state index < -0.39 is 0 Å². The Balaban J connectivity index is 1.91. The molecule has 1 heterocycles. The molecule has 0 unspecified atom stereocenters. The molecule has 1 fully saturated rings. The van der Waals surface area contributed by atoms with E-state index in [4.69, 9.17) is 5.73 Å². The zero-order valence-corrected chi connectivity index (χ0v) is 15.7. The Kier molecular flexibility index (Phi) is 5.40. The van der Waals surface area contributed by atoms with E-state index in [0.29, 0.717) is 36.2 Å². The maximum atomic E-state index is 13.1. The first-order chi connectivity index (χ1) is 12.9. The second-order valence-corrected chi connectivity index (χ2v) is 7.17. The number of nitrogens with zero attached hydrogens (tertiary/aromatic N) is 1. The molecule has 140 valence electrons. The van der Waals surface area contributed by atoms with Crippen LogP contribution in [0.5, 0.6) is 0 Å². The van der Waals surface area contributed by atoms with Gasteiger partial charge in [0.2, 0.25) is 5.91 Å². The van der Waals surface area contributed by atoms with E-state index in [1.165, 1.54) is 0 Å². The van der Waals surface area contributed by atoms with Crippen LogP contribution in [0.2, 0.25) is 0 Å². The number of likely N-dealkylation sites (tertiary alicyclic amines) is 1. The van der Waals surface area contributed by atoms with Crippen LogP contribution in [0, 0.1) is 19.8 Å². The molecule has 5 heteroatoms. The van der Waals surface area contributed by atoms with Gasteiger partial charge in [0.15, 0.2) is 5.78 Å². The summed E-state index contributed by atoms with van der Waals surface area (Å²) in [5.74, 6) is -1.11. The maximum absolute atomic E-state index is 13.1. The summed E-state index contributed by atoms with van der Waals surface area (Å²) >= 11 is 0. The third-order valence-electron chi connectivity index (χ3n) is 5.28. The lowest BCUT2D eigenvalue weighted by Crippen LogP contribution is -2.44. The van der Waals surface area contributed by atoms with Gasteiger partial charge in [0.25, 0.3) is 5.91 Å². The average molecular weight is 364 g/mol. The molecule has 27 heavy (non-hydrogen) atoms. The first-order valence-electron chi connectivity index (χ1n) is 9.18. The number of carbonyl (C=O) groups excluding carboxylic acids is 3. The molecule has 0 aromatic heterocycles. The Morgan fingerprint density at radius 2 is 1.70 bits per heavy atom. The predicted octanol–water partition coefficient (Wildman–Crippen LogP) is 2.87. The van der Waals surface area contributed by atoms with Crippen LogP contribution >= 0.6 is 0 Å². The van der Waals surface area contributed by atoms with E-state index >= 15 is 0 Å². The van der Waals surface area contributed by atoms with Crippen LogP contribution in [-0.2, 0) is 4.79 Å². The van der Waals surface area contributed by atoms with Crippen LogP contribution < -0.4 is 5.73 Å². The van der Waals surface area contributed by atoms with Crippen LogP contribution in [0.3, 0.4) is 0 Å². The lowest BCUT2D eigenvalue weighted by Gasteiger charge is -2.31. The van der Waals surface area contributed by atoms with Gasteiger partial charge < -0.3 is 10.6 Å². The van der Waals surface area contributed by atoms with Gasteiger partial charge in [0, 0.05) is 24.2 Å². The minimum atomic E-state index is -0.382. The van der Waals surface area contributed by atoms with Gasteiger partial charge in [-0.3, -0.25) is 14.4 Å². The van der Waals surface area contributed by atoms with E-state index in [0.717, 1.165) is 17.5 Å². The largest absolute Gasteiger partial charge is 0.369 e. The SMILES string of the molecule is Cc1ccc(C(=O)c2ccccc2C(=O)N2CCC[C@H](C(N)=O)C2)cc1C. The Hall–Kier alpha value is -2.95. The molecule has 0 radical (unpaired) electrons. The number of hydrogen-bond acceptors (Lipinski definition) is 3. The second kappa shape index (κ2) is 7.74. The van der Waals surface area contributed by atoms with Crippen molar-refractivity contribution in [3.05, 3.63) is 70.3 Å². The van der Waals surface area contributed by atoms with Gasteiger partial charge in [0.1, 0.15) is 0 Å². The first kappa shape index (κ1) is 18.8. The maximum Gasteiger partial charge on any atom is 0.254 e. The molecule has 0 saturated carbocycles. The van der Waals surface area contributed by atoms with Crippen LogP contribution in [-0.4, -0.2) is 35.6 Å². The number of aryl methyl sites for hydroxylation is 2. The summed E-state index contributed by atoms with van der Waals surface area (Å²) in [4.78, 5) is 39.3. The summed E-state index contributed by atoms with van der Waals surface area (Å²) in [6.45, 7) is 4.82. The molecule has 5 nitrogen and oxygen atoms in total. The fourth-order valence-corrected chi connectivity index (χ4v) is 3.47. The Morgan fingerprint density at radius 3 is 2.37 bits per heavy atom. The van der Waals surface area contributed by atoms with Crippen molar-refractivity contribution in [3.8, 4) is 0 Å². The van der Waals surface area contributed by atoms with E-state index in [1.807, 2.05) is 26.0 Å². The molecule has 0 spiro atoms. The van der Waals surface area contributed by atoms with Crippen molar-refractivity contribution < 1.29 is 14.4 Å². The molecular formula is C22H24N2O3. The van der Waals surface area contributed by atoms with Crippen molar-refractivity contribution in [1.29, 1.82) is 0 Å². The minimum Gasteiger partial charge on any atom is -0.369 e. The van der Waals surface area contributed by atoms with Gasteiger partial charge in [-0.25, -0.2) is 0 Å². The third kappa shape index (κ3) is 3.92. The molecule has 2 N–H and O–H groups in total. The van der Waals surface area contributed by atoms with Crippen molar-refractivity contribution >= 4 is 17.6 Å². The smallest absolute Gasteiger partial charge is 0.254 e. The molecule has 2 amide bonds. The lowest BCUT2D eigenvalue weighted by molar-refractivity contribution is -0.123. The van der Waals surface area contributed by atoms with E-state index in [9.17, 15) is 14.4 Å². The van der Waals surface area contributed by atoms with Crippen LogP contribution in [0.15, 0.2) is 42.5 Å². The normalized spacial score (nSPS) is 16.8. The number of benzene rings is 2. The molecule has 2 aromatic carbocycles. The average Bonchev–Trinajstić information content (AvgIpc) is 2.69. The number of hydrogen-bond donors (Lipinski definition) is 1. The van der Waals surface area contributed by atoms with Gasteiger partial charge in [-0.15, -0.1) is 0 Å². The number of rotatable bonds is 4. The standard InChI is InChI=1S/C22H24N2O3/c1-14-9-10-16(12-15(14)2)20(25)18-7-3-4-8-19(18)22(27)24-11-5-6-17(13-24)21(23)26/h3-4,7-10,12,17H,5-6,11,13H2,1-2H3,(H2,23,26)/t17-/m0/s1. The summed E-state index contributed by atoms with van der Waals surface area (Å²) in [7, 11) is 0. The monoisotopic (exact) mass is 364 g/mol. The van der Waals surface area contributed by atoms with Gasteiger partial charge >= 0.3 is 0 Å². The molecule has 1 atom stereocenters. The summed E-state index contributed by atoms with van der Waals surface area (Å²) in [6, 6.07) is 12.4. The number of nitrogens with two attached hydrogens (primary N) is 1. The third-order valence-corrected chi connectivity index (χ3v) is 5.28. The van der Waals surface area contributed by atoms with Crippen molar-refractivity contribution in [2.45, 2.75) is 26.7 Å². The summed E-state index contributed by atoms with van der Waals surface area (Å²) in [5, 5.41) is 0. The quantitative estimate of drug-likeness (QED) is 0.847. The van der Waals surface area contributed by atoms with Gasteiger partial charge in [0.05, 0.1) is 11.5 Å². The predicted molar refractivity (Wildman–Crippen MR) is 104 cm³/mol. The number of primary amides is 1. The molecule has 1 aliphatic heterocycles. The molecule has 2 aromatic rings. The second-order valence-electron chi connectivity index (χ2n) is 7.17. The molecule has 3 rings (SSSR count). The molecule has 0 aliphatic carbocycles. The minimum absolute atomic E-state index is 0.175. The van der Waals surface area contributed by atoms with Crippen molar-refractivity contribution in [3.63, 3.8) is 0 Å². The van der Waals surface area contributed by atoms with Crippen molar-refractivity contribution in [2.75, 3.05) is 13.1 Å². The molecular weight excluding hydrogens is 340 g/mol. The van der Waals surface area contributed by atoms with Crippen LogP contribution in [0.25, 0.3) is 0 Å². The summed E-state index contributed by atoms with van der Waals surface area (Å²) in [6.07, 6.45) is 1.43.